The molecule has 0 unspecified atom stereocenters. The van der Waals surface area contributed by atoms with E-state index in [0.29, 0.717) is 13.0 Å². The van der Waals surface area contributed by atoms with E-state index in [0.717, 1.165) is 5.56 Å². The number of ether oxygens (including phenoxy) is 1. The number of carbonyl (C=O) groups is 2. The van der Waals surface area contributed by atoms with Gasteiger partial charge >= 0.3 is 5.97 Å². The SMILES string of the molecule is CCOC(=O)[C@](C)(Cc1ccccc1)NC(C)=O. The molecule has 4 nitrogen and oxygen atoms in total. The van der Waals surface area contributed by atoms with Crippen LogP contribution in [0.5, 0.6) is 0 Å². The third-order valence-corrected chi connectivity index (χ3v) is 2.58. The van der Waals surface area contributed by atoms with Crippen molar-refractivity contribution in [3.05, 3.63) is 35.9 Å². The van der Waals surface area contributed by atoms with E-state index in [1.807, 2.05) is 30.3 Å². The summed E-state index contributed by atoms with van der Waals surface area (Å²) in [6, 6.07) is 9.53. The molecule has 1 amide bonds. The van der Waals surface area contributed by atoms with Crippen LogP contribution >= 0.6 is 0 Å². The minimum Gasteiger partial charge on any atom is -0.464 e. The molecule has 0 aromatic heterocycles. The minimum absolute atomic E-state index is 0.249. The first-order valence-electron chi connectivity index (χ1n) is 5.98. The molecule has 0 aliphatic carbocycles. The number of hydrogen-bond donors (Lipinski definition) is 1. The van der Waals surface area contributed by atoms with Gasteiger partial charge in [0.2, 0.25) is 5.91 Å². The summed E-state index contributed by atoms with van der Waals surface area (Å²) in [5.74, 6) is -0.662. The van der Waals surface area contributed by atoms with Gasteiger partial charge in [-0.3, -0.25) is 4.79 Å². The molecule has 0 fully saturated rings. The van der Waals surface area contributed by atoms with Crippen LogP contribution in [-0.4, -0.2) is 24.0 Å². The molecule has 0 aliphatic heterocycles. The van der Waals surface area contributed by atoms with E-state index in [1.165, 1.54) is 6.92 Å². The summed E-state index contributed by atoms with van der Waals surface area (Å²) in [7, 11) is 0. The fraction of sp³-hybridized carbons (Fsp3) is 0.429. The van der Waals surface area contributed by atoms with E-state index in [2.05, 4.69) is 5.32 Å². The summed E-state index contributed by atoms with van der Waals surface area (Å²) in [5.41, 5.74) is -0.0507. The zero-order valence-corrected chi connectivity index (χ0v) is 11.0. The van der Waals surface area contributed by atoms with Crippen molar-refractivity contribution in [1.29, 1.82) is 0 Å². The molecule has 0 radical (unpaired) electrons. The Morgan fingerprint density at radius 1 is 1.28 bits per heavy atom. The maximum Gasteiger partial charge on any atom is 0.331 e. The Labute approximate surface area is 107 Å². The van der Waals surface area contributed by atoms with E-state index in [4.69, 9.17) is 4.74 Å². The first kappa shape index (κ1) is 14.2. The zero-order chi connectivity index (χ0) is 13.6. The van der Waals surface area contributed by atoms with Gasteiger partial charge in [0.05, 0.1) is 6.61 Å². The van der Waals surface area contributed by atoms with Gasteiger partial charge in [-0.2, -0.15) is 0 Å². The molecule has 18 heavy (non-hydrogen) atoms. The van der Waals surface area contributed by atoms with Crippen molar-refractivity contribution in [2.75, 3.05) is 6.61 Å². The van der Waals surface area contributed by atoms with Gasteiger partial charge in [-0.05, 0) is 19.4 Å². The Hall–Kier alpha value is -1.84. The van der Waals surface area contributed by atoms with Crippen molar-refractivity contribution in [2.24, 2.45) is 0 Å². The average molecular weight is 249 g/mol. The quantitative estimate of drug-likeness (QED) is 0.808. The van der Waals surface area contributed by atoms with Gasteiger partial charge in [-0.15, -0.1) is 0 Å². The normalized spacial score (nSPS) is 13.5. The van der Waals surface area contributed by atoms with Crippen molar-refractivity contribution in [3.63, 3.8) is 0 Å². The van der Waals surface area contributed by atoms with Crippen LogP contribution < -0.4 is 5.32 Å². The number of esters is 1. The summed E-state index contributed by atoms with van der Waals surface area (Å²) in [6.45, 7) is 5.11. The Morgan fingerprint density at radius 2 is 1.89 bits per heavy atom. The Kier molecular flexibility index (Phi) is 4.89. The van der Waals surface area contributed by atoms with Crippen LogP contribution in [0.15, 0.2) is 30.3 Å². The molecule has 98 valence electrons. The molecule has 0 saturated carbocycles. The van der Waals surface area contributed by atoms with Crippen LogP contribution in [-0.2, 0) is 20.7 Å². The summed E-state index contributed by atoms with van der Waals surface area (Å²) in [5, 5.41) is 2.68. The predicted octanol–water partition coefficient (Wildman–Crippen LogP) is 1.69. The molecule has 1 aromatic rings. The van der Waals surface area contributed by atoms with Crippen molar-refractivity contribution in [1.82, 2.24) is 5.32 Å². The fourth-order valence-corrected chi connectivity index (χ4v) is 1.85. The largest absolute Gasteiger partial charge is 0.464 e. The summed E-state index contributed by atoms with van der Waals surface area (Å²) < 4.78 is 5.03. The number of hydrogen-bond acceptors (Lipinski definition) is 3. The predicted molar refractivity (Wildman–Crippen MR) is 69.0 cm³/mol. The van der Waals surface area contributed by atoms with E-state index in [-0.39, 0.29) is 5.91 Å². The van der Waals surface area contributed by atoms with Gasteiger partial charge in [0.1, 0.15) is 5.54 Å². The topological polar surface area (TPSA) is 55.4 Å². The summed E-state index contributed by atoms with van der Waals surface area (Å²) >= 11 is 0. The lowest BCUT2D eigenvalue weighted by molar-refractivity contribution is -0.152. The highest BCUT2D eigenvalue weighted by Crippen LogP contribution is 2.15. The van der Waals surface area contributed by atoms with Gasteiger partial charge in [0.15, 0.2) is 0 Å². The maximum absolute atomic E-state index is 12.0. The number of nitrogens with one attached hydrogen (secondary N) is 1. The van der Waals surface area contributed by atoms with Crippen LogP contribution in [0.25, 0.3) is 0 Å². The van der Waals surface area contributed by atoms with Crippen LogP contribution in [0.2, 0.25) is 0 Å². The lowest BCUT2D eigenvalue weighted by Crippen LogP contribution is -2.54. The molecule has 1 N–H and O–H groups in total. The molecule has 1 rings (SSSR count). The zero-order valence-electron chi connectivity index (χ0n) is 11.0. The first-order valence-corrected chi connectivity index (χ1v) is 5.98. The van der Waals surface area contributed by atoms with E-state index >= 15 is 0 Å². The van der Waals surface area contributed by atoms with E-state index < -0.39 is 11.5 Å². The average Bonchev–Trinajstić information content (AvgIpc) is 2.29. The van der Waals surface area contributed by atoms with Crippen LogP contribution in [0, 0.1) is 0 Å². The van der Waals surface area contributed by atoms with Gasteiger partial charge in [0, 0.05) is 13.3 Å². The Bertz CT molecular complexity index is 416. The fourth-order valence-electron chi connectivity index (χ4n) is 1.85. The lowest BCUT2D eigenvalue weighted by atomic mass is 9.92. The Morgan fingerprint density at radius 3 is 2.39 bits per heavy atom. The number of amides is 1. The smallest absolute Gasteiger partial charge is 0.331 e. The van der Waals surface area contributed by atoms with Crippen molar-refractivity contribution < 1.29 is 14.3 Å². The summed E-state index contributed by atoms with van der Waals surface area (Å²) in [4.78, 5) is 23.2. The third-order valence-electron chi connectivity index (χ3n) is 2.58. The molecule has 1 atom stereocenters. The monoisotopic (exact) mass is 249 g/mol. The third kappa shape index (κ3) is 3.87. The van der Waals surface area contributed by atoms with E-state index in [9.17, 15) is 9.59 Å². The molecular weight excluding hydrogens is 230 g/mol. The van der Waals surface area contributed by atoms with Crippen molar-refractivity contribution in [3.8, 4) is 0 Å². The van der Waals surface area contributed by atoms with Gasteiger partial charge in [0.25, 0.3) is 0 Å². The summed E-state index contributed by atoms with van der Waals surface area (Å²) in [6.07, 6.45) is 0.409. The highest BCUT2D eigenvalue weighted by Gasteiger charge is 2.35. The minimum atomic E-state index is -1.02. The van der Waals surface area contributed by atoms with Crippen LogP contribution in [0.4, 0.5) is 0 Å². The molecule has 0 spiro atoms. The highest BCUT2D eigenvalue weighted by molar-refractivity contribution is 5.87. The number of benzene rings is 1. The van der Waals surface area contributed by atoms with Crippen LogP contribution in [0.1, 0.15) is 26.3 Å². The second kappa shape index (κ2) is 6.19. The molecule has 0 saturated heterocycles. The van der Waals surface area contributed by atoms with Crippen molar-refractivity contribution >= 4 is 11.9 Å². The Balaban J connectivity index is 2.90. The molecular formula is C14H19NO3. The van der Waals surface area contributed by atoms with Gasteiger partial charge < -0.3 is 10.1 Å². The molecule has 0 aliphatic rings. The maximum atomic E-state index is 12.0. The molecule has 0 heterocycles. The van der Waals surface area contributed by atoms with Gasteiger partial charge in [-0.1, -0.05) is 30.3 Å². The number of carbonyl (C=O) groups excluding carboxylic acids is 2. The molecule has 4 heteroatoms. The lowest BCUT2D eigenvalue weighted by Gasteiger charge is -2.28. The second-order valence-corrected chi connectivity index (χ2v) is 4.40. The van der Waals surface area contributed by atoms with E-state index in [1.54, 1.807) is 13.8 Å². The first-order chi connectivity index (χ1) is 8.48. The molecule has 0 bridgehead atoms. The molecule has 1 aromatic carbocycles. The second-order valence-electron chi connectivity index (χ2n) is 4.40. The standard InChI is InChI=1S/C14H19NO3/c1-4-18-13(17)14(3,15-11(2)16)10-12-8-6-5-7-9-12/h5-9H,4,10H2,1-3H3,(H,15,16)/t14-/m0/s1. The van der Waals surface area contributed by atoms with Gasteiger partial charge in [-0.25, -0.2) is 4.79 Å². The van der Waals surface area contributed by atoms with Crippen LogP contribution in [0.3, 0.4) is 0 Å². The van der Waals surface area contributed by atoms with Crippen molar-refractivity contribution in [2.45, 2.75) is 32.7 Å². The highest BCUT2D eigenvalue weighted by atomic mass is 16.5. The number of rotatable bonds is 5.